The van der Waals surface area contributed by atoms with Gasteiger partial charge in [-0.25, -0.2) is 18.9 Å². The molecule has 0 spiro atoms. The van der Waals surface area contributed by atoms with Gasteiger partial charge in [0.2, 0.25) is 0 Å². The monoisotopic (exact) mass is 447 g/mol. The Balaban J connectivity index is 2.02. The molecule has 3 aromatic rings. The Kier molecular flexibility index (Phi) is 6.81. The van der Waals surface area contributed by atoms with Crippen LogP contribution in [0.4, 0.5) is 9.18 Å². The van der Waals surface area contributed by atoms with Crippen molar-refractivity contribution in [3.63, 3.8) is 0 Å². The van der Waals surface area contributed by atoms with Crippen molar-refractivity contribution in [3.05, 3.63) is 53.2 Å². The van der Waals surface area contributed by atoms with E-state index in [1.54, 1.807) is 34.0 Å². The summed E-state index contributed by atoms with van der Waals surface area (Å²) < 4.78 is 20.7. The van der Waals surface area contributed by atoms with Crippen molar-refractivity contribution < 1.29 is 13.9 Å². The maximum absolute atomic E-state index is 13.4. The van der Waals surface area contributed by atoms with Crippen LogP contribution in [0.3, 0.4) is 0 Å². The number of pyridine rings is 1. The minimum absolute atomic E-state index is 0.187. The number of carbonyl (C=O) groups excluding carboxylic acids is 1. The molecule has 9 heteroatoms. The predicted molar refractivity (Wildman–Crippen MR) is 119 cm³/mol. The Morgan fingerprint density at radius 3 is 2.48 bits per heavy atom. The van der Waals surface area contributed by atoms with Crippen molar-refractivity contribution in [2.75, 3.05) is 27.2 Å². The predicted octanol–water partition coefficient (Wildman–Crippen LogP) is 4.51. The van der Waals surface area contributed by atoms with Crippen LogP contribution in [0.1, 0.15) is 26.5 Å². The standard InChI is InChI=1S/C22H27ClFN5O2/c1-22(2,3)31-21(30)28(11-10-27(4)5)14-18-20-15(12-19(23)26-18)13-25-29(20)17-8-6-16(24)7-9-17/h6-9,12-13H,10-11,14H2,1-5H3. The van der Waals surface area contributed by atoms with E-state index in [9.17, 15) is 9.18 Å². The zero-order valence-corrected chi connectivity index (χ0v) is 19.1. The fourth-order valence-electron chi connectivity index (χ4n) is 3.05. The number of fused-ring (bicyclic) bond motifs is 1. The van der Waals surface area contributed by atoms with Crippen LogP contribution in [-0.2, 0) is 11.3 Å². The summed E-state index contributed by atoms with van der Waals surface area (Å²) in [5.41, 5.74) is 1.34. The minimum Gasteiger partial charge on any atom is -0.444 e. The highest BCUT2D eigenvalue weighted by Crippen LogP contribution is 2.25. The van der Waals surface area contributed by atoms with Gasteiger partial charge in [0.1, 0.15) is 16.6 Å². The molecule has 1 amide bonds. The Morgan fingerprint density at radius 2 is 1.87 bits per heavy atom. The topological polar surface area (TPSA) is 63.5 Å². The molecule has 0 fully saturated rings. The van der Waals surface area contributed by atoms with E-state index in [0.717, 1.165) is 5.39 Å². The number of halogens is 2. The fourth-order valence-corrected chi connectivity index (χ4v) is 3.27. The van der Waals surface area contributed by atoms with Crippen LogP contribution in [0.5, 0.6) is 0 Å². The molecule has 0 N–H and O–H groups in total. The lowest BCUT2D eigenvalue weighted by Crippen LogP contribution is -2.40. The molecule has 0 aliphatic carbocycles. The van der Waals surface area contributed by atoms with Crippen LogP contribution in [0.25, 0.3) is 16.6 Å². The van der Waals surface area contributed by atoms with Crippen molar-refractivity contribution in [2.24, 2.45) is 0 Å². The van der Waals surface area contributed by atoms with Crippen molar-refractivity contribution in [2.45, 2.75) is 32.9 Å². The first-order valence-corrected chi connectivity index (χ1v) is 10.3. The Bertz CT molecular complexity index is 1060. The summed E-state index contributed by atoms with van der Waals surface area (Å²) in [7, 11) is 3.87. The highest BCUT2D eigenvalue weighted by atomic mass is 35.5. The van der Waals surface area contributed by atoms with Crippen LogP contribution in [0, 0.1) is 5.82 Å². The molecule has 0 saturated heterocycles. The van der Waals surface area contributed by atoms with Crippen molar-refractivity contribution >= 4 is 28.6 Å². The average molecular weight is 448 g/mol. The van der Waals surface area contributed by atoms with Crippen LogP contribution >= 0.6 is 11.6 Å². The molecule has 1 aromatic carbocycles. The van der Waals surface area contributed by atoms with Crippen LogP contribution in [0.15, 0.2) is 36.5 Å². The Morgan fingerprint density at radius 1 is 1.19 bits per heavy atom. The largest absolute Gasteiger partial charge is 0.444 e. The number of hydrogen-bond acceptors (Lipinski definition) is 5. The number of hydrogen-bond donors (Lipinski definition) is 0. The van der Waals surface area contributed by atoms with E-state index in [1.165, 1.54) is 12.1 Å². The normalized spacial score (nSPS) is 11.9. The van der Waals surface area contributed by atoms with E-state index in [2.05, 4.69) is 10.1 Å². The number of rotatable bonds is 6. The van der Waals surface area contributed by atoms with Crippen molar-refractivity contribution in [1.29, 1.82) is 0 Å². The third-order valence-corrected chi connectivity index (χ3v) is 4.66. The van der Waals surface area contributed by atoms with Crippen molar-refractivity contribution in [1.82, 2.24) is 24.6 Å². The summed E-state index contributed by atoms with van der Waals surface area (Å²) in [6.07, 6.45) is 1.24. The summed E-state index contributed by atoms with van der Waals surface area (Å²) >= 11 is 6.26. The molecule has 2 heterocycles. The molecule has 0 unspecified atom stereocenters. The molecule has 0 aliphatic heterocycles. The van der Waals surface area contributed by atoms with Gasteiger partial charge in [0.05, 0.1) is 29.6 Å². The Hall–Kier alpha value is -2.71. The number of nitrogens with zero attached hydrogens (tertiary/aromatic N) is 5. The highest BCUT2D eigenvalue weighted by molar-refractivity contribution is 6.30. The lowest BCUT2D eigenvalue weighted by atomic mass is 10.2. The minimum atomic E-state index is -0.625. The maximum Gasteiger partial charge on any atom is 0.410 e. The molecule has 0 aliphatic rings. The van der Waals surface area contributed by atoms with E-state index in [4.69, 9.17) is 16.3 Å². The molecule has 31 heavy (non-hydrogen) atoms. The highest BCUT2D eigenvalue weighted by Gasteiger charge is 2.24. The van der Waals surface area contributed by atoms with Gasteiger partial charge in [-0.2, -0.15) is 5.10 Å². The number of amides is 1. The van der Waals surface area contributed by atoms with Gasteiger partial charge in [-0.1, -0.05) is 11.6 Å². The summed E-state index contributed by atoms with van der Waals surface area (Å²) in [5.74, 6) is -0.332. The number of carbonyl (C=O) groups is 1. The molecule has 0 bridgehead atoms. The third-order valence-electron chi connectivity index (χ3n) is 4.47. The van der Waals surface area contributed by atoms with E-state index in [-0.39, 0.29) is 12.4 Å². The van der Waals surface area contributed by atoms with Gasteiger partial charge >= 0.3 is 6.09 Å². The second-order valence-electron chi connectivity index (χ2n) is 8.57. The van der Waals surface area contributed by atoms with Gasteiger partial charge in [0, 0.05) is 18.5 Å². The third kappa shape index (κ3) is 5.92. The SMILES string of the molecule is CN(C)CCN(Cc1nc(Cl)cc2cnn(-c3ccc(F)cc3)c12)C(=O)OC(C)(C)C. The quantitative estimate of drug-likeness (QED) is 0.520. The first kappa shape index (κ1) is 23.0. The van der Waals surface area contributed by atoms with Gasteiger partial charge in [0.15, 0.2) is 0 Å². The molecule has 7 nitrogen and oxygen atoms in total. The van der Waals surface area contributed by atoms with Crippen LogP contribution in [-0.4, -0.2) is 63.4 Å². The van der Waals surface area contributed by atoms with E-state index in [0.29, 0.717) is 35.1 Å². The molecular weight excluding hydrogens is 421 g/mol. The van der Waals surface area contributed by atoms with E-state index in [1.807, 2.05) is 39.8 Å². The second-order valence-corrected chi connectivity index (χ2v) is 8.95. The van der Waals surface area contributed by atoms with Gasteiger partial charge in [0.25, 0.3) is 0 Å². The summed E-state index contributed by atoms with van der Waals surface area (Å²) in [6, 6.07) is 7.73. The number of aromatic nitrogens is 3. The average Bonchev–Trinajstić information content (AvgIpc) is 3.07. The smallest absolute Gasteiger partial charge is 0.410 e. The summed E-state index contributed by atoms with van der Waals surface area (Å²) in [5, 5.41) is 5.51. The zero-order chi connectivity index (χ0) is 22.8. The number of likely N-dealkylation sites (N-methyl/N-ethyl adjacent to an activating group) is 1. The first-order chi connectivity index (χ1) is 14.5. The molecule has 0 saturated carbocycles. The van der Waals surface area contributed by atoms with Crippen LogP contribution < -0.4 is 0 Å². The van der Waals surface area contributed by atoms with E-state index >= 15 is 0 Å². The Labute approximate surface area is 186 Å². The lowest BCUT2D eigenvalue weighted by molar-refractivity contribution is 0.0222. The zero-order valence-electron chi connectivity index (χ0n) is 18.4. The van der Waals surface area contributed by atoms with Crippen molar-refractivity contribution in [3.8, 4) is 5.69 Å². The van der Waals surface area contributed by atoms with E-state index < -0.39 is 11.7 Å². The fraction of sp³-hybridized carbons (Fsp3) is 0.409. The lowest BCUT2D eigenvalue weighted by Gasteiger charge is -2.28. The number of benzene rings is 1. The molecule has 0 radical (unpaired) electrons. The van der Waals surface area contributed by atoms with Gasteiger partial charge in [-0.05, 0) is 65.2 Å². The van der Waals surface area contributed by atoms with Gasteiger partial charge in [-0.3, -0.25) is 0 Å². The molecule has 0 atom stereocenters. The first-order valence-electron chi connectivity index (χ1n) is 9.95. The number of ether oxygens (including phenoxy) is 1. The molecule has 166 valence electrons. The molecule has 2 aromatic heterocycles. The van der Waals surface area contributed by atoms with Gasteiger partial charge in [-0.15, -0.1) is 0 Å². The summed E-state index contributed by atoms with van der Waals surface area (Å²) in [4.78, 5) is 21.0. The summed E-state index contributed by atoms with van der Waals surface area (Å²) in [6.45, 7) is 6.77. The second kappa shape index (κ2) is 9.20. The maximum atomic E-state index is 13.4. The van der Waals surface area contributed by atoms with Gasteiger partial charge < -0.3 is 14.5 Å². The van der Waals surface area contributed by atoms with Crippen LogP contribution in [0.2, 0.25) is 5.15 Å². The molecular formula is C22H27ClFN5O2. The molecule has 3 rings (SSSR count).